The van der Waals surface area contributed by atoms with E-state index in [0.29, 0.717) is 29.7 Å². The molecular formula is C31H39N9O4. The quantitative estimate of drug-likeness (QED) is 0.192. The molecule has 0 saturated carbocycles. The van der Waals surface area contributed by atoms with Gasteiger partial charge >= 0.3 is 0 Å². The molecule has 0 radical (unpaired) electrons. The lowest BCUT2D eigenvalue weighted by atomic mass is 9.85. The number of methoxy groups -OCH3 is 1. The molecule has 1 saturated heterocycles. The van der Waals surface area contributed by atoms with Crippen LogP contribution in [0, 0.1) is 5.41 Å². The maximum atomic E-state index is 14.5. The number of nitrogens with one attached hydrogen (secondary N) is 5. The Hall–Kier alpha value is -4.62. The largest absolute Gasteiger partial charge is 0.494 e. The molecule has 0 bridgehead atoms. The summed E-state index contributed by atoms with van der Waals surface area (Å²) in [6.45, 7) is 7.91. The van der Waals surface area contributed by atoms with Crippen LogP contribution in [0.5, 0.6) is 5.75 Å². The molecule has 13 heteroatoms. The van der Waals surface area contributed by atoms with Gasteiger partial charge in [-0.3, -0.25) is 19.5 Å². The molecule has 232 valence electrons. The van der Waals surface area contributed by atoms with Gasteiger partial charge in [0, 0.05) is 22.5 Å². The molecule has 2 aromatic carbocycles. The molecule has 0 spiro atoms. The fourth-order valence-corrected chi connectivity index (χ4v) is 5.24. The zero-order valence-corrected chi connectivity index (χ0v) is 25.8. The summed E-state index contributed by atoms with van der Waals surface area (Å²) in [5, 5.41) is 20.8. The number of amides is 3. The molecule has 13 nitrogen and oxygen atoms in total. The van der Waals surface area contributed by atoms with Gasteiger partial charge in [0.15, 0.2) is 0 Å². The number of aromatic nitrogens is 4. The lowest BCUT2D eigenvalue weighted by molar-refractivity contribution is -0.134. The van der Waals surface area contributed by atoms with Gasteiger partial charge in [0.2, 0.25) is 5.91 Å². The fraction of sp³-hybridized carbons (Fsp3) is 0.419. The van der Waals surface area contributed by atoms with Crippen molar-refractivity contribution in [3.63, 3.8) is 0 Å². The Kier molecular flexibility index (Phi) is 8.79. The van der Waals surface area contributed by atoms with Gasteiger partial charge in [-0.05, 0) is 63.0 Å². The van der Waals surface area contributed by atoms with Crippen molar-refractivity contribution in [2.24, 2.45) is 5.41 Å². The van der Waals surface area contributed by atoms with Crippen molar-refractivity contribution in [2.45, 2.75) is 58.7 Å². The van der Waals surface area contributed by atoms with Crippen LogP contribution in [0.4, 0.5) is 17.2 Å². The van der Waals surface area contributed by atoms with E-state index in [9.17, 15) is 14.4 Å². The van der Waals surface area contributed by atoms with Crippen LogP contribution < -0.4 is 30.9 Å². The third-order valence-corrected chi connectivity index (χ3v) is 7.90. The summed E-state index contributed by atoms with van der Waals surface area (Å²) in [6.07, 6.45) is 4.55. The molecular weight excluding hydrogens is 562 g/mol. The van der Waals surface area contributed by atoms with E-state index in [-0.39, 0.29) is 17.3 Å². The monoisotopic (exact) mass is 601 g/mol. The van der Waals surface area contributed by atoms with Gasteiger partial charge < -0.3 is 26.0 Å². The Morgan fingerprint density at radius 2 is 1.93 bits per heavy atom. The first-order valence-corrected chi connectivity index (χ1v) is 14.6. The zero-order chi connectivity index (χ0) is 31.6. The normalized spacial score (nSPS) is 16.5. The van der Waals surface area contributed by atoms with E-state index in [0.717, 1.165) is 27.9 Å². The number of hydrogen-bond donors (Lipinski definition) is 5. The summed E-state index contributed by atoms with van der Waals surface area (Å²) in [6, 6.07) is 6.97. The molecule has 5 rings (SSSR count). The summed E-state index contributed by atoms with van der Waals surface area (Å²) in [4.78, 5) is 51.8. The molecule has 44 heavy (non-hydrogen) atoms. The lowest BCUT2D eigenvalue weighted by Gasteiger charge is -2.36. The van der Waals surface area contributed by atoms with Crippen LogP contribution in [0.25, 0.3) is 21.8 Å². The number of aromatic amines is 1. The average molecular weight is 602 g/mol. The van der Waals surface area contributed by atoms with E-state index in [2.05, 4.69) is 41.4 Å². The first kappa shape index (κ1) is 30.8. The molecule has 0 aliphatic carbocycles. The van der Waals surface area contributed by atoms with Crippen molar-refractivity contribution in [3.05, 3.63) is 42.9 Å². The lowest BCUT2D eigenvalue weighted by Crippen LogP contribution is -2.60. The molecule has 1 aliphatic rings. The van der Waals surface area contributed by atoms with Crippen LogP contribution >= 0.6 is 0 Å². The molecule has 0 unspecified atom stereocenters. The van der Waals surface area contributed by atoms with E-state index in [1.54, 1.807) is 32.3 Å². The van der Waals surface area contributed by atoms with E-state index < -0.39 is 35.4 Å². The first-order valence-electron chi connectivity index (χ1n) is 14.6. The van der Waals surface area contributed by atoms with Gasteiger partial charge in [-0.25, -0.2) is 14.9 Å². The minimum Gasteiger partial charge on any atom is -0.494 e. The molecule has 5 N–H and O–H groups in total. The number of H-pyrrole nitrogens is 1. The smallest absolute Gasteiger partial charge is 0.257 e. The number of carbonyl (C=O) groups is 3. The highest BCUT2D eigenvalue weighted by molar-refractivity contribution is 6.20. The standard InChI is InChI=1S/C31H39N9O4/c1-17(32-5)28(41)38-26(31(2,3)4)30(43)40(29(42)22-8-7-11-33-22)24-13-20-23(14-25(24)44-6)34-16-35-27(20)37-19-9-10-21-18(12-19)15-36-39-21/h9-10,12-17,22,26,32-33H,7-8,11H2,1-6H3,(H,36,39)(H,38,41)(H,34,35,37)/t17-,22-,26+/m0/s1. The minimum absolute atomic E-state index is 0.233. The van der Waals surface area contributed by atoms with Gasteiger partial charge in [-0.2, -0.15) is 5.10 Å². The molecule has 3 atom stereocenters. The molecule has 3 amide bonds. The maximum Gasteiger partial charge on any atom is 0.257 e. The summed E-state index contributed by atoms with van der Waals surface area (Å²) < 4.78 is 5.74. The summed E-state index contributed by atoms with van der Waals surface area (Å²) in [5.41, 5.74) is 1.72. The fourth-order valence-electron chi connectivity index (χ4n) is 5.24. The van der Waals surface area contributed by atoms with Crippen LogP contribution in [-0.4, -0.2) is 76.7 Å². The van der Waals surface area contributed by atoms with Crippen LogP contribution in [0.1, 0.15) is 40.5 Å². The Morgan fingerprint density at radius 1 is 1.14 bits per heavy atom. The summed E-state index contributed by atoms with van der Waals surface area (Å²) in [5.74, 6) is -0.588. The average Bonchev–Trinajstić information content (AvgIpc) is 3.71. The van der Waals surface area contributed by atoms with Crippen molar-refractivity contribution in [3.8, 4) is 5.75 Å². The van der Waals surface area contributed by atoms with Crippen molar-refractivity contribution < 1.29 is 19.1 Å². The Balaban J connectivity index is 1.63. The summed E-state index contributed by atoms with van der Waals surface area (Å²) >= 11 is 0. The van der Waals surface area contributed by atoms with Crippen molar-refractivity contribution in [1.82, 2.24) is 36.1 Å². The highest BCUT2D eigenvalue weighted by atomic mass is 16.5. The number of benzene rings is 2. The van der Waals surface area contributed by atoms with Crippen LogP contribution in [0.3, 0.4) is 0 Å². The molecule has 3 heterocycles. The van der Waals surface area contributed by atoms with E-state index >= 15 is 0 Å². The molecule has 1 fully saturated rings. The van der Waals surface area contributed by atoms with Gasteiger partial charge in [-0.1, -0.05) is 20.8 Å². The van der Waals surface area contributed by atoms with Crippen molar-refractivity contribution >= 4 is 56.7 Å². The van der Waals surface area contributed by atoms with Crippen LogP contribution in [0.2, 0.25) is 0 Å². The van der Waals surface area contributed by atoms with Gasteiger partial charge in [-0.15, -0.1) is 0 Å². The predicted octanol–water partition coefficient (Wildman–Crippen LogP) is 3.01. The number of nitrogens with zero attached hydrogens (tertiary/aromatic N) is 4. The first-order chi connectivity index (χ1) is 21.0. The second kappa shape index (κ2) is 12.5. The van der Waals surface area contributed by atoms with Gasteiger partial charge in [0.25, 0.3) is 11.8 Å². The molecule has 1 aliphatic heterocycles. The molecule has 4 aromatic rings. The topological polar surface area (TPSA) is 166 Å². The maximum absolute atomic E-state index is 14.5. The van der Waals surface area contributed by atoms with Gasteiger partial charge in [0.1, 0.15) is 23.9 Å². The predicted molar refractivity (Wildman–Crippen MR) is 169 cm³/mol. The third kappa shape index (κ3) is 6.19. The second-order valence-electron chi connectivity index (χ2n) is 12.0. The molecule has 2 aromatic heterocycles. The highest BCUT2D eigenvalue weighted by Gasteiger charge is 2.42. The van der Waals surface area contributed by atoms with Crippen LogP contribution in [0.15, 0.2) is 42.9 Å². The van der Waals surface area contributed by atoms with E-state index in [1.807, 2.05) is 39.0 Å². The SMILES string of the molecule is CN[C@@H](C)C(=O)N[C@H](C(=O)N(C(=O)[C@@H]1CCCN1)c1cc2c(Nc3ccc4[nH]ncc4c3)ncnc2cc1OC)C(C)(C)C. The van der Waals surface area contributed by atoms with E-state index in [4.69, 9.17) is 4.74 Å². The Bertz CT molecular complexity index is 1690. The number of carbonyl (C=O) groups excluding carboxylic acids is 3. The number of hydrogen-bond acceptors (Lipinski definition) is 10. The van der Waals surface area contributed by atoms with Crippen LogP contribution in [-0.2, 0) is 14.4 Å². The van der Waals surface area contributed by atoms with E-state index in [1.165, 1.54) is 13.4 Å². The Labute approximate surface area is 255 Å². The number of rotatable bonds is 9. The zero-order valence-electron chi connectivity index (χ0n) is 25.8. The van der Waals surface area contributed by atoms with Gasteiger partial charge in [0.05, 0.1) is 42.1 Å². The number of ether oxygens (including phenoxy) is 1. The number of imide groups is 1. The highest BCUT2D eigenvalue weighted by Crippen LogP contribution is 2.38. The summed E-state index contributed by atoms with van der Waals surface area (Å²) in [7, 11) is 3.14. The number of fused-ring (bicyclic) bond motifs is 2. The number of likely N-dealkylation sites (N-methyl/N-ethyl adjacent to an activating group) is 1. The Morgan fingerprint density at radius 3 is 2.61 bits per heavy atom. The third-order valence-electron chi connectivity index (χ3n) is 7.90. The van der Waals surface area contributed by atoms with Crippen molar-refractivity contribution in [1.29, 1.82) is 0 Å². The number of anilines is 3. The van der Waals surface area contributed by atoms with Crippen molar-refractivity contribution in [2.75, 3.05) is 30.9 Å². The second-order valence-corrected chi connectivity index (χ2v) is 12.0. The minimum atomic E-state index is -1.03.